The van der Waals surface area contributed by atoms with E-state index in [1.807, 2.05) is 0 Å². The maximum atomic E-state index is 9.89. The van der Waals surface area contributed by atoms with Gasteiger partial charge in [-0.3, -0.25) is 4.90 Å². The molecule has 0 saturated carbocycles. The summed E-state index contributed by atoms with van der Waals surface area (Å²) in [7, 11) is 0. The highest BCUT2D eigenvalue weighted by atomic mass is 16.3. The Kier molecular flexibility index (Phi) is 1.52. The zero-order chi connectivity index (χ0) is 8.06. The zero-order valence-corrected chi connectivity index (χ0v) is 7.38. The first kappa shape index (κ1) is 7.56. The van der Waals surface area contributed by atoms with Gasteiger partial charge in [0.05, 0.1) is 6.10 Å². The van der Waals surface area contributed by atoms with Crippen molar-refractivity contribution in [2.75, 3.05) is 13.1 Å². The number of fused-ring (bicyclic) bond motifs is 3. The second-order valence-electron chi connectivity index (χ2n) is 4.42. The van der Waals surface area contributed by atoms with Gasteiger partial charge in [-0.2, -0.15) is 0 Å². The van der Waals surface area contributed by atoms with E-state index in [9.17, 15) is 5.11 Å². The zero-order valence-electron chi connectivity index (χ0n) is 7.38. The molecule has 2 heteroatoms. The summed E-state index contributed by atoms with van der Waals surface area (Å²) in [5, 5.41) is 9.89. The van der Waals surface area contributed by atoms with Gasteiger partial charge < -0.3 is 5.11 Å². The molecule has 0 aromatic carbocycles. The molecule has 11 heavy (non-hydrogen) atoms. The summed E-state index contributed by atoms with van der Waals surface area (Å²) < 4.78 is 0. The average Bonchev–Trinajstić information content (AvgIpc) is 2.01. The maximum absolute atomic E-state index is 9.89. The minimum Gasteiger partial charge on any atom is -0.391 e. The van der Waals surface area contributed by atoms with Crippen molar-refractivity contribution in [1.82, 2.24) is 4.90 Å². The second-order valence-corrected chi connectivity index (χ2v) is 4.42. The molecule has 3 fully saturated rings. The van der Waals surface area contributed by atoms with Gasteiger partial charge >= 0.3 is 0 Å². The number of rotatable bonds is 0. The van der Waals surface area contributed by atoms with Gasteiger partial charge in [-0.05, 0) is 45.7 Å². The first-order valence-electron chi connectivity index (χ1n) is 4.55. The smallest absolute Gasteiger partial charge is 0.0747 e. The molecule has 2 bridgehead atoms. The summed E-state index contributed by atoms with van der Waals surface area (Å²) in [6.45, 7) is 6.69. The number of aliphatic hydroxyl groups excluding tert-OH is 1. The number of piperidine rings is 3. The molecule has 1 atom stereocenters. The van der Waals surface area contributed by atoms with Crippen molar-refractivity contribution in [2.45, 2.75) is 38.3 Å². The molecule has 0 radical (unpaired) electrons. The number of aliphatic hydroxyl groups is 1. The molecule has 0 amide bonds. The molecule has 3 saturated heterocycles. The van der Waals surface area contributed by atoms with Gasteiger partial charge in [0, 0.05) is 5.54 Å². The van der Waals surface area contributed by atoms with E-state index < -0.39 is 0 Å². The van der Waals surface area contributed by atoms with Gasteiger partial charge in [0.15, 0.2) is 0 Å². The summed E-state index contributed by atoms with van der Waals surface area (Å²) in [5.74, 6) is 0.579. The standard InChI is InChI=1S/C9H17NO/c1-9(2)8(11)7-3-5-10(9)6-4-7/h7-8,11H,3-6H2,1-2H3. The Labute approximate surface area is 68.2 Å². The van der Waals surface area contributed by atoms with Crippen molar-refractivity contribution in [1.29, 1.82) is 0 Å². The van der Waals surface area contributed by atoms with Crippen molar-refractivity contribution in [3.05, 3.63) is 0 Å². The highest BCUT2D eigenvalue weighted by molar-refractivity contribution is 5.00. The Morgan fingerprint density at radius 1 is 1.27 bits per heavy atom. The Morgan fingerprint density at radius 2 is 1.82 bits per heavy atom. The molecule has 1 N–H and O–H groups in total. The molecule has 64 valence electrons. The normalized spacial score (nSPS) is 47.7. The van der Waals surface area contributed by atoms with Gasteiger partial charge in [0.1, 0.15) is 0 Å². The second kappa shape index (κ2) is 2.20. The Balaban J connectivity index is 2.23. The fourth-order valence-electron chi connectivity index (χ4n) is 2.56. The monoisotopic (exact) mass is 155 g/mol. The molecular formula is C9H17NO. The lowest BCUT2D eigenvalue weighted by Gasteiger charge is -2.54. The van der Waals surface area contributed by atoms with Gasteiger partial charge in [-0.25, -0.2) is 0 Å². The number of hydrogen-bond donors (Lipinski definition) is 1. The van der Waals surface area contributed by atoms with E-state index in [1.54, 1.807) is 0 Å². The van der Waals surface area contributed by atoms with Crippen LogP contribution < -0.4 is 0 Å². The summed E-state index contributed by atoms with van der Waals surface area (Å²) in [5.41, 5.74) is 0.0428. The van der Waals surface area contributed by atoms with Crippen LogP contribution in [0.15, 0.2) is 0 Å². The molecule has 3 heterocycles. The molecule has 3 aliphatic rings. The third-order valence-electron chi connectivity index (χ3n) is 3.52. The highest BCUT2D eigenvalue weighted by Gasteiger charge is 2.46. The van der Waals surface area contributed by atoms with Crippen LogP contribution in [0.4, 0.5) is 0 Å². The largest absolute Gasteiger partial charge is 0.391 e. The van der Waals surface area contributed by atoms with Crippen LogP contribution in [0.2, 0.25) is 0 Å². The average molecular weight is 155 g/mol. The van der Waals surface area contributed by atoms with E-state index in [0.717, 1.165) is 0 Å². The minimum absolute atomic E-state index is 0.0428. The van der Waals surface area contributed by atoms with E-state index in [1.165, 1.54) is 25.9 Å². The molecule has 2 nitrogen and oxygen atoms in total. The van der Waals surface area contributed by atoms with Crippen LogP contribution in [-0.4, -0.2) is 34.7 Å². The van der Waals surface area contributed by atoms with E-state index in [4.69, 9.17) is 0 Å². The minimum atomic E-state index is -0.0926. The Bertz CT molecular complexity index is 155. The quantitative estimate of drug-likeness (QED) is 0.560. The van der Waals surface area contributed by atoms with E-state index >= 15 is 0 Å². The Hall–Kier alpha value is -0.0800. The third kappa shape index (κ3) is 0.926. The lowest BCUT2D eigenvalue weighted by Crippen LogP contribution is -2.63. The van der Waals surface area contributed by atoms with Crippen molar-refractivity contribution < 1.29 is 5.11 Å². The van der Waals surface area contributed by atoms with Crippen LogP contribution in [-0.2, 0) is 0 Å². The van der Waals surface area contributed by atoms with E-state index in [2.05, 4.69) is 18.7 Å². The molecular weight excluding hydrogens is 138 g/mol. The van der Waals surface area contributed by atoms with Crippen LogP contribution in [0.3, 0.4) is 0 Å². The first-order valence-corrected chi connectivity index (χ1v) is 4.55. The van der Waals surface area contributed by atoms with Gasteiger partial charge in [0.2, 0.25) is 0 Å². The van der Waals surface area contributed by atoms with Crippen molar-refractivity contribution in [3.8, 4) is 0 Å². The number of hydrogen-bond acceptors (Lipinski definition) is 2. The van der Waals surface area contributed by atoms with Gasteiger partial charge in [-0.15, -0.1) is 0 Å². The van der Waals surface area contributed by atoms with Gasteiger partial charge in [0.25, 0.3) is 0 Å². The summed E-state index contributed by atoms with van der Waals surface area (Å²) >= 11 is 0. The predicted octanol–water partition coefficient (Wildman–Crippen LogP) is 0.851. The van der Waals surface area contributed by atoms with Crippen molar-refractivity contribution >= 4 is 0 Å². The highest BCUT2D eigenvalue weighted by Crippen LogP contribution is 2.38. The number of nitrogens with zero attached hydrogens (tertiary/aromatic N) is 1. The van der Waals surface area contributed by atoms with Gasteiger partial charge in [-0.1, -0.05) is 0 Å². The Morgan fingerprint density at radius 3 is 2.09 bits per heavy atom. The summed E-state index contributed by atoms with van der Waals surface area (Å²) in [6, 6.07) is 0. The molecule has 0 aromatic rings. The maximum Gasteiger partial charge on any atom is 0.0747 e. The molecule has 0 aromatic heterocycles. The third-order valence-corrected chi connectivity index (χ3v) is 3.52. The van der Waals surface area contributed by atoms with Crippen LogP contribution in [0, 0.1) is 5.92 Å². The van der Waals surface area contributed by atoms with Crippen molar-refractivity contribution in [3.63, 3.8) is 0 Å². The molecule has 3 aliphatic heterocycles. The molecule has 1 unspecified atom stereocenters. The van der Waals surface area contributed by atoms with Crippen LogP contribution in [0.5, 0.6) is 0 Å². The summed E-state index contributed by atoms with van der Waals surface area (Å²) in [4.78, 5) is 2.41. The lowest BCUT2D eigenvalue weighted by molar-refractivity contribution is -0.117. The molecule has 0 spiro atoms. The van der Waals surface area contributed by atoms with Crippen molar-refractivity contribution in [2.24, 2.45) is 5.92 Å². The van der Waals surface area contributed by atoms with Crippen LogP contribution in [0.1, 0.15) is 26.7 Å². The molecule has 0 aliphatic carbocycles. The van der Waals surface area contributed by atoms with E-state index in [0.29, 0.717) is 5.92 Å². The fraction of sp³-hybridized carbons (Fsp3) is 1.00. The van der Waals surface area contributed by atoms with E-state index in [-0.39, 0.29) is 11.6 Å². The van der Waals surface area contributed by atoms with Crippen LogP contribution >= 0.6 is 0 Å². The SMILES string of the molecule is CC1(C)C(O)C2CCN1CC2. The van der Waals surface area contributed by atoms with Crippen LogP contribution in [0.25, 0.3) is 0 Å². The summed E-state index contributed by atoms with van der Waals surface area (Å²) in [6.07, 6.45) is 2.31. The first-order chi connectivity index (χ1) is 5.12. The predicted molar refractivity (Wildman–Crippen MR) is 44.4 cm³/mol. The topological polar surface area (TPSA) is 23.5 Å². The molecule has 3 rings (SSSR count). The lowest BCUT2D eigenvalue weighted by atomic mass is 9.74. The fourth-order valence-corrected chi connectivity index (χ4v) is 2.56.